The summed E-state index contributed by atoms with van der Waals surface area (Å²) in [6.45, 7) is 3.19. The lowest BCUT2D eigenvalue weighted by molar-refractivity contribution is 0.314. The Hall–Kier alpha value is -1.21. The molecule has 0 saturated carbocycles. The summed E-state index contributed by atoms with van der Waals surface area (Å²) in [7, 11) is -3.13. The second kappa shape index (κ2) is 5.88. The van der Waals surface area contributed by atoms with Crippen LogP contribution in [-0.2, 0) is 10.0 Å². The molecule has 0 radical (unpaired) electrons. The molecule has 0 bridgehead atoms. The summed E-state index contributed by atoms with van der Waals surface area (Å²) < 4.78 is 25.1. The highest BCUT2D eigenvalue weighted by atomic mass is 32.2. The molecule has 2 aliphatic rings. The summed E-state index contributed by atoms with van der Waals surface area (Å²) in [6, 6.07) is 0. The van der Waals surface area contributed by atoms with E-state index in [9.17, 15) is 8.42 Å². The van der Waals surface area contributed by atoms with Crippen LogP contribution in [0.5, 0.6) is 0 Å². The Balaban J connectivity index is 1.86. The van der Waals surface area contributed by atoms with Crippen molar-refractivity contribution in [2.45, 2.75) is 31.6 Å². The molecule has 2 aliphatic heterocycles. The van der Waals surface area contributed by atoms with Crippen molar-refractivity contribution in [1.82, 2.24) is 14.3 Å². The van der Waals surface area contributed by atoms with Crippen LogP contribution in [0.15, 0.2) is 12.4 Å². The summed E-state index contributed by atoms with van der Waals surface area (Å²) in [4.78, 5) is 11.3. The maximum absolute atomic E-state index is 11.8. The predicted molar refractivity (Wildman–Crippen MR) is 81.9 cm³/mol. The molecule has 0 spiro atoms. The topological polar surface area (TPSA) is 66.4 Å². The molecule has 1 atom stereocenters. The van der Waals surface area contributed by atoms with Gasteiger partial charge in [-0.25, -0.2) is 17.7 Å². The average molecular weight is 310 g/mol. The van der Waals surface area contributed by atoms with Crippen molar-refractivity contribution in [3.63, 3.8) is 0 Å². The zero-order valence-corrected chi connectivity index (χ0v) is 13.2. The van der Waals surface area contributed by atoms with E-state index in [-0.39, 0.29) is 5.92 Å². The van der Waals surface area contributed by atoms with Crippen LogP contribution in [0.2, 0.25) is 0 Å². The van der Waals surface area contributed by atoms with Crippen molar-refractivity contribution < 1.29 is 8.42 Å². The molecular formula is C14H22N4O2S. The predicted octanol–water partition coefficient (Wildman–Crippen LogP) is 1.22. The van der Waals surface area contributed by atoms with E-state index in [1.165, 1.54) is 19.1 Å². The van der Waals surface area contributed by atoms with Gasteiger partial charge in [0.1, 0.15) is 0 Å². The Bertz CT molecular complexity index is 599. The Morgan fingerprint density at radius 3 is 2.52 bits per heavy atom. The first-order valence-electron chi connectivity index (χ1n) is 7.56. The summed E-state index contributed by atoms with van der Waals surface area (Å²) >= 11 is 0. The van der Waals surface area contributed by atoms with E-state index in [1.54, 1.807) is 16.7 Å². The van der Waals surface area contributed by atoms with E-state index in [1.807, 2.05) is 0 Å². The molecule has 116 valence electrons. The van der Waals surface area contributed by atoms with Gasteiger partial charge in [0.05, 0.1) is 11.9 Å². The summed E-state index contributed by atoms with van der Waals surface area (Å²) in [6.07, 6.45) is 8.97. The lowest BCUT2D eigenvalue weighted by Crippen LogP contribution is -2.39. The first-order chi connectivity index (χ1) is 10.1. The molecule has 3 rings (SSSR count). The van der Waals surface area contributed by atoms with Gasteiger partial charge in [-0.3, -0.25) is 4.98 Å². The Kier molecular flexibility index (Phi) is 4.12. The fourth-order valence-corrected chi connectivity index (χ4v) is 4.18. The van der Waals surface area contributed by atoms with Gasteiger partial charge in [-0.2, -0.15) is 0 Å². The first-order valence-corrected chi connectivity index (χ1v) is 9.41. The molecule has 1 aromatic heterocycles. The Labute approximate surface area is 126 Å². The van der Waals surface area contributed by atoms with E-state index < -0.39 is 10.0 Å². The third kappa shape index (κ3) is 3.18. The van der Waals surface area contributed by atoms with Crippen molar-refractivity contribution in [2.75, 3.05) is 37.3 Å². The van der Waals surface area contributed by atoms with E-state index in [0.29, 0.717) is 13.1 Å². The highest BCUT2D eigenvalue weighted by Crippen LogP contribution is 2.32. The molecule has 0 aromatic carbocycles. The van der Waals surface area contributed by atoms with Crippen LogP contribution in [0, 0.1) is 0 Å². The highest BCUT2D eigenvalue weighted by molar-refractivity contribution is 7.88. The van der Waals surface area contributed by atoms with Crippen molar-refractivity contribution >= 4 is 15.8 Å². The number of sulfonamides is 1. The molecule has 0 aliphatic carbocycles. The van der Waals surface area contributed by atoms with Crippen molar-refractivity contribution in [3.05, 3.63) is 18.1 Å². The van der Waals surface area contributed by atoms with Crippen molar-refractivity contribution in [3.8, 4) is 0 Å². The fourth-order valence-electron chi connectivity index (χ4n) is 3.27. The van der Waals surface area contributed by atoms with Crippen LogP contribution < -0.4 is 4.90 Å². The molecule has 6 nitrogen and oxygen atoms in total. The normalized spacial score (nSPS) is 24.4. The minimum Gasteiger partial charge on any atom is -0.355 e. The molecule has 21 heavy (non-hydrogen) atoms. The van der Waals surface area contributed by atoms with Gasteiger partial charge in [0, 0.05) is 44.5 Å². The Morgan fingerprint density at radius 2 is 1.81 bits per heavy atom. The standard InChI is InChI=1S/C14H22N4O2S/c1-21(19,20)18-10-4-5-12(11-18)13-14(16-7-6-15-13)17-8-2-3-9-17/h6-7,12H,2-5,8-11H2,1H3. The van der Waals surface area contributed by atoms with Gasteiger partial charge >= 0.3 is 0 Å². The number of anilines is 1. The third-order valence-electron chi connectivity index (χ3n) is 4.35. The maximum atomic E-state index is 11.8. The van der Waals surface area contributed by atoms with Gasteiger partial charge in [0.2, 0.25) is 10.0 Å². The lowest BCUT2D eigenvalue weighted by Gasteiger charge is -2.32. The molecule has 1 unspecified atom stereocenters. The largest absolute Gasteiger partial charge is 0.355 e. The molecule has 1 aromatic rings. The van der Waals surface area contributed by atoms with Crippen molar-refractivity contribution in [1.29, 1.82) is 0 Å². The van der Waals surface area contributed by atoms with Gasteiger partial charge in [-0.05, 0) is 25.7 Å². The number of hydrogen-bond acceptors (Lipinski definition) is 5. The molecular weight excluding hydrogens is 288 g/mol. The first kappa shape index (κ1) is 14.7. The van der Waals surface area contributed by atoms with Gasteiger partial charge < -0.3 is 4.90 Å². The quantitative estimate of drug-likeness (QED) is 0.840. The van der Waals surface area contributed by atoms with Gasteiger partial charge in [0.25, 0.3) is 0 Å². The Morgan fingerprint density at radius 1 is 1.10 bits per heavy atom. The SMILES string of the molecule is CS(=O)(=O)N1CCCC(c2nccnc2N2CCCC2)C1. The van der Waals surface area contributed by atoms with Crippen LogP contribution in [0.4, 0.5) is 5.82 Å². The number of aromatic nitrogens is 2. The third-order valence-corrected chi connectivity index (χ3v) is 5.62. The molecule has 2 saturated heterocycles. The van der Waals surface area contributed by atoms with Crippen LogP contribution in [-0.4, -0.2) is 55.1 Å². The molecule has 3 heterocycles. The zero-order chi connectivity index (χ0) is 14.9. The second-order valence-electron chi connectivity index (χ2n) is 5.92. The number of piperidine rings is 1. The highest BCUT2D eigenvalue weighted by Gasteiger charge is 2.30. The van der Waals surface area contributed by atoms with Crippen LogP contribution >= 0.6 is 0 Å². The minimum absolute atomic E-state index is 0.151. The lowest BCUT2D eigenvalue weighted by atomic mass is 9.95. The van der Waals surface area contributed by atoms with Gasteiger partial charge in [-0.15, -0.1) is 0 Å². The maximum Gasteiger partial charge on any atom is 0.211 e. The van der Waals surface area contributed by atoms with Gasteiger partial charge in [-0.1, -0.05) is 0 Å². The number of nitrogens with zero attached hydrogens (tertiary/aromatic N) is 4. The van der Waals surface area contributed by atoms with E-state index in [4.69, 9.17) is 0 Å². The van der Waals surface area contributed by atoms with Crippen LogP contribution in [0.1, 0.15) is 37.3 Å². The molecule has 7 heteroatoms. The zero-order valence-electron chi connectivity index (χ0n) is 12.4. The average Bonchev–Trinajstić information content (AvgIpc) is 3.01. The molecule has 0 N–H and O–H groups in total. The summed E-state index contributed by atoms with van der Waals surface area (Å²) in [5, 5.41) is 0. The van der Waals surface area contributed by atoms with Crippen molar-refractivity contribution in [2.24, 2.45) is 0 Å². The smallest absolute Gasteiger partial charge is 0.211 e. The monoisotopic (exact) mass is 310 g/mol. The summed E-state index contributed by atoms with van der Waals surface area (Å²) in [5.74, 6) is 1.10. The van der Waals surface area contributed by atoms with E-state index in [0.717, 1.165) is 37.4 Å². The summed E-state index contributed by atoms with van der Waals surface area (Å²) in [5.41, 5.74) is 0.966. The van der Waals surface area contributed by atoms with E-state index in [2.05, 4.69) is 14.9 Å². The second-order valence-corrected chi connectivity index (χ2v) is 7.90. The van der Waals surface area contributed by atoms with E-state index >= 15 is 0 Å². The van der Waals surface area contributed by atoms with Crippen LogP contribution in [0.3, 0.4) is 0 Å². The molecule has 2 fully saturated rings. The number of hydrogen-bond donors (Lipinski definition) is 0. The van der Waals surface area contributed by atoms with Gasteiger partial charge in [0.15, 0.2) is 5.82 Å². The fraction of sp³-hybridized carbons (Fsp3) is 0.714. The minimum atomic E-state index is -3.13. The molecule has 0 amide bonds. The van der Waals surface area contributed by atoms with Crippen LogP contribution in [0.25, 0.3) is 0 Å². The number of rotatable bonds is 3.